The predicted octanol–water partition coefficient (Wildman–Crippen LogP) is 0.718. The maximum absolute atomic E-state index is 11.5. The third kappa shape index (κ3) is 5.71. The molecule has 1 aromatic carbocycles. The molecule has 0 fully saturated rings. The summed E-state index contributed by atoms with van der Waals surface area (Å²) in [5, 5.41) is 4.98. The van der Waals surface area contributed by atoms with Gasteiger partial charge in [-0.25, -0.2) is 4.79 Å². The Kier molecular flexibility index (Phi) is 6.71. The van der Waals surface area contributed by atoms with Crippen LogP contribution in [0.3, 0.4) is 0 Å². The molecular formula is C14H15N3O4S. The third-order valence-electron chi connectivity index (χ3n) is 2.33. The highest BCUT2D eigenvalue weighted by atomic mass is 32.1. The Bertz CT molecular complexity index is 628. The van der Waals surface area contributed by atoms with Crippen molar-refractivity contribution in [2.45, 2.75) is 6.92 Å². The van der Waals surface area contributed by atoms with Gasteiger partial charge in [-0.15, -0.1) is 0 Å². The van der Waals surface area contributed by atoms with Crippen LogP contribution in [-0.4, -0.2) is 29.5 Å². The summed E-state index contributed by atoms with van der Waals surface area (Å²) in [4.78, 5) is 33.9. The summed E-state index contributed by atoms with van der Waals surface area (Å²) in [6.07, 6.45) is 1.98. The maximum atomic E-state index is 11.5. The Morgan fingerprint density at radius 1 is 1.27 bits per heavy atom. The van der Waals surface area contributed by atoms with E-state index in [0.717, 1.165) is 12.2 Å². The molecule has 0 heterocycles. The molecule has 7 nitrogen and oxygen atoms in total. The molecule has 4 N–H and O–H groups in total. The van der Waals surface area contributed by atoms with Crippen molar-refractivity contribution in [1.82, 2.24) is 5.32 Å². The molecule has 0 saturated carbocycles. The van der Waals surface area contributed by atoms with Crippen molar-refractivity contribution in [3.8, 4) is 0 Å². The number of anilines is 1. The molecule has 1 rings (SSSR count). The van der Waals surface area contributed by atoms with Gasteiger partial charge < -0.3 is 15.8 Å². The number of nitrogens with two attached hydrogens (primary N) is 1. The Morgan fingerprint density at radius 2 is 1.95 bits per heavy atom. The first-order valence-electron chi connectivity index (χ1n) is 6.29. The van der Waals surface area contributed by atoms with E-state index in [2.05, 4.69) is 15.4 Å². The van der Waals surface area contributed by atoms with Gasteiger partial charge in [0.25, 0.3) is 5.91 Å². The molecule has 2 amide bonds. The van der Waals surface area contributed by atoms with Crippen LogP contribution >= 0.6 is 12.2 Å². The van der Waals surface area contributed by atoms with E-state index >= 15 is 0 Å². The molecule has 0 saturated heterocycles. The van der Waals surface area contributed by atoms with E-state index in [-0.39, 0.29) is 17.3 Å². The number of amides is 2. The standard InChI is InChI=1S/C14H15N3O4S/c1-2-21-12(19)8-7-11(18)17-14(22)16-10-6-4-3-5-9(10)13(15)20/h3-8H,2H2,1H3,(H2,15,20)(H2,16,17,18,22). The maximum Gasteiger partial charge on any atom is 0.330 e. The number of hydrogen-bond donors (Lipinski definition) is 3. The van der Waals surface area contributed by atoms with Crippen LogP contribution in [0.4, 0.5) is 5.69 Å². The number of carbonyl (C=O) groups is 3. The highest BCUT2D eigenvalue weighted by Crippen LogP contribution is 2.13. The average Bonchev–Trinajstić information content (AvgIpc) is 2.45. The molecule has 0 atom stereocenters. The van der Waals surface area contributed by atoms with Gasteiger partial charge in [0.15, 0.2) is 5.11 Å². The van der Waals surface area contributed by atoms with Gasteiger partial charge in [0.2, 0.25) is 5.91 Å². The van der Waals surface area contributed by atoms with Gasteiger partial charge in [-0.05, 0) is 31.3 Å². The molecule has 0 unspecified atom stereocenters. The van der Waals surface area contributed by atoms with Crippen LogP contribution in [0.2, 0.25) is 0 Å². The Hall–Kier alpha value is -2.74. The predicted molar refractivity (Wildman–Crippen MR) is 85.1 cm³/mol. The number of primary amides is 1. The molecule has 0 radical (unpaired) electrons. The third-order valence-corrected chi connectivity index (χ3v) is 2.54. The van der Waals surface area contributed by atoms with Crippen LogP contribution in [-0.2, 0) is 14.3 Å². The van der Waals surface area contributed by atoms with Crippen LogP contribution in [0.1, 0.15) is 17.3 Å². The number of hydrogen-bond acceptors (Lipinski definition) is 5. The molecule has 0 aliphatic heterocycles. The van der Waals surface area contributed by atoms with Crippen molar-refractivity contribution < 1.29 is 19.1 Å². The van der Waals surface area contributed by atoms with Gasteiger partial charge >= 0.3 is 5.97 Å². The topological polar surface area (TPSA) is 111 Å². The van der Waals surface area contributed by atoms with Gasteiger partial charge in [-0.2, -0.15) is 0 Å². The number of thiocarbonyl (C=S) groups is 1. The fraction of sp³-hybridized carbons (Fsp3) is 0.143. The summed E-state index contributed by atoms with van der Waals surface area (Å²) in [5.41, 5.74) is 5.84. The number of nitrogens with one attached hydrogen (secondary N) is 2. The zero-order valence-electron chi connectivity index (χ0n) is 11.8. The SMILES string of the molecule is CCOC(=O)C=CC(=O)NC(=S)Nc1ccccc1C(N)=O. The first-order valence-corrected chi connectivity index (χ1v) is 6.70. The van der Waals surface area contributed by atoms with E-state index in [9.17, 15) is 14.4 Å². The highest BCUT2D eigenvalue weighted by molar-refractivity contribution is 7.80. The fourth-order valence-electron chi connectivity index (χ4n) is 1.45. The quantitative estimate of drug-likeness (QED) is 0.419. The largest absolute Gasteiger partial charge is 0.463 e. The molecule has 22 heavy (non-hydrogen) atoms. The Labute approximate surface area is 132 Å². The van der Waals surface area contributed by atoms with Crippen molar-refractivity contribution in [2.75, 3.05) is 11.9 Å². The molecule has 0 bridgehead atoms. The first-order chi connectivity index (χ1) is 10.4. The molecule has 0 aromatic heterocycles. The summed E-state index contributed by atoms with van der Waals surface area (Å²) < 4.78 is 4.63. The van der Waals surface area contributed by atoms with Gasteiger partial charge in [-0.3, -0.25) is 14.9 Å². The Morgan fingerprint density at radius 3 is 2.59 bits per heavy atom. The van der Waals surface area contributed by atoms with E-state index in [1.807, 2.05) is 0 Å². The van der Waals surface area contributed by atoms with Crippen LogP contribution in [0.5, 0.6) is 0 Å². The lowest BCUT2D eigenvalue weighted by Crippen LogP contribution is -2.33. The molecule has 116 valence electrons. The average molecular weight is 321 g/mol. The Balaban J connectivity index is 2.62. The van der Waals surface area contributed by atoms with Crippen molar-refractivity contribution in [3.63, 3.8) is 0 Å². The van der Waals surface area contributed by atoms with Crippen LogP contribution in [0.25, 0.3) is 0 Å². The van der Waals surface area contributed by atoms with Crippen LogP contribution < -0.4 is 16.4 Å². The number of esters is 1. The zero-order chi connectivity index (χ0) is 16.5. The summed E-state index contributed by atoms with van der Waals surface area (Å²) in [6.45, 7) is 1.87. The molecule has 0 aliphatic carbocycles. The molecule has 0 aliphatic rings. The van der Waals surface area contributed by atoms with E-state index in [4.69, 9.17) is 18.0 Å². The van der Waals surface area contributed by atoms with Crippen LogP contribution in [0, 0.1) is 0 Å². The minimum Gasteiger partial charge on any atom is -0.463 e. The van der Waals surface area contributed by atoms with E-state index in [0.29, 0.717) is 5.69 Å². The lowest BCUT2D eigenvalue weighted by Gasteiger charge is -2.10. The van der Waals surface area contributed by atoms with E-state index < -0.39 is 17.8 Å². The molecule has 8 heteroatoms. The fourth-order valence-corrected chi connectivity index (χ4v) is 1.66. The van der Waals surface area contributed by atoms with E-state index in [1.165, 1.54) is 6.07 Å². The lowest BCUT2D eigenvalue weighted by atomic mass is 10.1. The van der Waals surface area contributed by atoms with Gasteiger partial charge in [0.1, 0.15) is 0 Å². The number of benzene rings is 1. The minimum absolute atomic E-state index is 0.0350. The highest BCUT2D eigenvalue weighted by Gasteiger charge is 2.09. The molecule has 0 spiro atoms. The van der Waals surface area contributed by atoms with E-state index in [1.54, 1.807) is 25.1 Å². The number of rotatable bonds is 5. The van der Waals surface area contributed by atoms with Gasteiger partial charge in [0, 0.05) is 12.2 Å². The second-order valence-electron chi connectivity index (χ2n) is 3.94. The monoisotopic (exact) mass is 321 g/mol. The molecule has 1 aromatic rings. The second kappa shape index (κ2) is 8.53. The lowest BCUT2D eigenvalue weighted by molar-refractivity contribution is -0.137. The second-order valence-corrected chi connectivity index (χ2v) is 4.35. The minimum atomic E-state index is -0.629. The van der Waals surface area contributed by atoms with Gasteiger partial charge in [-0.1, -0.05) is 12.1 Å². The van der Waals surface area contributed by atoms with Crippen molar-refractivity contribution in [2.24, 2.45) is 5.73 Å². The normalized spacial score (nSPS) is 10.0. The molecular weight excluding hydrogens is 306 g/mol. The van der Waals surface area contributed by atoms with Crippen molar-refractivity contribution in [1.29, 1.82) is 0 Å². The number of ether oxygens (including phenoxy) is 1. The van der Waals surface area contributed by atoms with Crippen molar-refractivity contribution >= 4 is 40.8 Å². The van der Waals surface area contributed by atoms with Gasteiger partial charge in [0.05, 0.1) is 17.9 Å². The summed E-state index contributed by atoms with van der Waals surface area (Å²) in [7, 11) is 0. The number of carbonyl (C=O) groups excluding carboxylic acids is 3. The van der Waals surface area contributed by atoms with Crippen molar-refractivity contribution in [3.05, 3.63) is 42.0 Å². The van der Waals surface area contributed by atoms with Crippen LogP contribution in [0.15, 0.2) is 36.4 Å². The first kappa shape index (κ1) is 17.3. The zero-order valence-corrected chi connectivity index (χ0v) is 12.6. The summed E-state index contributed by atoms with van der Waals surface area (Å²) in [5.74, 6) is -1.86. The number of para-hydroxylation sites is 1. The smallest absolute Gasteiger partial charge is 0.330 e. The summed E-state index contributed by atoms with van der Waals surface area (Å²) >= 11 is 4.94. The summed E-state index contributed by atoms with van der Waals surface area (Å²) in [6, 6.07) is 6.44.